The van der Waals surface area contributed by atoms with E-state index in [0.29, 0.717) is 43.9 Å². The molecule has 130 valence electrons. The van der Waals surface area contributed by atoms with Gasteiger partial charge in [-0.3, -0.25) is 0 Å². The summed E-state index contributed by atoms with van der Waals surface area (Å²) in [7, 11) is 1.56. The SMILES string of the molecule is COc1cc(Cl)c(C)cc1Nc1nc(C)nc2sc(C(=O)O)c(C)c12. The van der Waals surface area contributed by atoms with Crippen molar-refractivity contribution in [3.63, 3.8) is 0 Å². The van der Waals surface area contributed by atoms with Crippen molar-refractivity contribution >= 4 is 50.6 Å². The normalized spacial score (nSPS) is 10.9. The summed E-state index contributed by atoms with van der Waals surface area (Å²) < 4.78 is 5.39. The molecule has 8 heteroatoms. The van der Waals surface area contributed by atoms with Crippen LogP contribution in [0.25, 0.3) is 10.2 Å². The van der Waals surface area contributed by atoms with Crippen molar-refractivity contribution in [2.45, 2.75) is 20.8 Å². The summed E-state index contributed by atoms with van der Waals surface area (Å²) >= 11 is 7.30. The Balaban J connectivity index is 2.20. The van der Waals surface area contributed by atoms with Gasteiger partial charge in [-0.25, -0.2) is 14.8 Å². The summed E-state index contributed by atoms with van der Waals surface area (Å²) in [4.78, 5) is 21.2. The topological polar surface area (TPSA) is 84.3 Å². The molecule has 2 N–H and O–H groups in total. The van der Waals surface area contributed by atoms with Gasteiger partial charge in [-0.05, 0) is 38.0 Å². The van der Waals surface area contributed by atoms with Crippen molar-refractivity contribution in [3.05, 3.63) is 39.0 Å². The zero-order chi connectivity index (χ0) is 18.3. The van der Waals surface area contributed by atoms with Crippen molar-refractivity contribution in [2.75, 3.05) is 12.4 Å². The van der Waals surface area contributed by atoms with E-state index >= 15 is 0 Å². The summed E-state index contributed by atoms with van der Waals surface area (Å²) in [5.74, 6) is 0.706. The minimum atomic E-state index is -0.968. The molecule has 2 heterocycles. The molecular weight excluding hydrogens is 362 g/mol. The molecule has 0 aliphatic rings. The largest absolute Gasteiger partial charge is 0.495 e. The number of aryl methyl sites for hydroxylation is 3. The number of rotatable bonds is 4. The van der Waals surface area contributed by atoms with E-state index in [9.17, 15) is 9.90 Å². The summed E-state index contributed by atoms with van der Waals surface area (Å²) in [6.45, 7) is 5.42. The maximum absolute atomic E-state index is 11.4. The average molecular weight is 378 g/mol. The highest BCUT2D eigenvalue weighted by atomic mass is 35.5. The molecule has 0 amide bonds. The molecule has 0 radical (unpaired) electrons. The van der Waals surface area contributed by atoms with Gasteiger partial charge in [0.05, 0.1) is 18.2 Å². The molecule has 0 aliphatic carbocycles. The number of hydrogen-bond donors (Lipinski definition) is 2. The Bertz CT molecular complexity index is 1000. The second-order valence-corrected chi connectivity index (χ2v) is 6.99. The molecule has 0 fully saturated rings. The van der Waals surface area contributed by atoms with Gasteiger partial charge in [0.2, 0.25) is 0 Å². The third-order valence-corrected chi connectivity index (χ3v) is 5.41. The number of ether oxygens (including phenoxy) is 1. The van der Waals surface area contributed by atoms with E-state index in [2.05, 4.69) is 15.3 Å². The van der Waals surface area contributed by atoms with Crippen molar-refractivity contribution in [1.82, 2.24) is 9.97 Å². The molecule has 0 saturated heterocycles. The summed E-state index contributed by atoms with van der Waals surface area (Å²) in [5.41, 5.74) is 2.23. The number of carbonyl (C=O) groups is 1. The minimum absolute atomic E-state index is 0.261. The molecule has 0 spiro atoms. The summed E-state index contributed by atoms with van der Waals surface area (Å²) in [6.07, 6.45) is 0. The number of nitrogens with one attached hydrogen (secondary N) is 1. The Morgan fingerprint density at radius 2 is 2.00 bits per heavy atom. The summed E-state index contributed by atoms with van der Waals surface area (Å²) in [5, 5.41) is 13.9. The molecule has 2 aromatic heterocycles. The second-order valence-electron chi connectivity index (χ2n) is 5.59. The standard InChI is InChI=1S/C17H16ClN3O3S/c1-7-5-11(12(24-4)6-10(7)18)21-15-13-8(2)14(17(22)23)25-16(13)20-9(3)19-15/h5-6H,1-4H3,(H,22,23)(H,19,20,21). The van der Waals surface area contributed by atoms with Gasteiger partial charge < -0.3 is 15.2 Å². The zero-order valence-corrected chi connectivity index (χ0v) is 15.7. The number of carboxylic acid groups (broad SMARTS) is 1. The van der Waals surface area contributed by atoms with Gasteiger partial charge in [0, 0.05) is 11.1 Å². The van der Waals surface area contributed by atoms with Crippen LogP contribution in [-0.4, -0.2) is 28.2 Å². The Kier molecular flexibility index (Phi) is 4.53. The maximum Gasteiger partial charge on any atom is 0.346 e. The number of anilines is 2. The Morgan fingerprint density at radius 1 is 1.28 bits per heavy atom. The van der Waals surface area contributed by atoms with Gasteiger partial charge >= 0.3 is 5.97 Å². The predicted molar refractivity (Wildman–Crippen MR) is 99.9 cm³/mol. The highest BCUT2D eigenvalue weighted by Crippen LogP contribution is 2.38. The Hall–Kier alpha value is -2.38. The van der Waals surface area contributed by atoms with E-state index in [0.717, 1.165) is 16.9 Å². The maximum atomic E-state index is 11.4. The van der Waals surface area contributed by atoms with Crippen LogP contribution in [0.3, 0.4) is 0 Å². The van der Waals surface area contributed by atoms with Crippen LogP contribution >= 0.6 is 22.9 Å². The summed E-state index contributed by atoms with van der Waals surface area (Å²) in [6, 6.07) is 3.60. The zero-order valence-electron chi connectivity index (χ0n) is 14.1. The fourth-order valence-electron chi connectivity index (χ4n) is 2.60. The van der Waals surface area contributed by atoms with Crippen molar-refractivity contribution in [1.29, 1.82) is 0 Å². The Labute approximate surface area is 153 Å². The molecule has 0 unspecified atom stereocenters. The van der Waals surface area contributed by atoms with Gasteiger partial charge in [0.25, 0.3) is 0 Å². The number of fused-ring (bicyclic) bond motifs is 1. The van der Waals surface area contributed by atoms with Gasteiger partial charge in [0.1, 0.15) is 27.1 Å². The smallest absolute Gasteiger partial charge is 0.346 e. The van der Waals surface area contributed by atoms with Gasteiger partial charge in [-0.15, -0.1) is 11.3 Å². The van der Waals surface area contributed by atoms with Crippen molar-refractivity contribution in [2.24, 2.45) is 0 Å². The van der Waals surface area contributed by atoms with Crippen molar-refractivity contribution in [3.8, 4) is 5.75 Å². The lowest BCUT2D eigenvalue weighted by Gasteiger charge is -2.14. The number of hydrogen-bond acceptors (Lipinski definition) is 6. The van der Waals surface area contributed by atoms with Crippen LogP contribution in [0.5, 0.6) is 5.75 Å². The minimum Gasteiger partial charge on any atom is -0.495 e. The van der Waals surface area contributed by atoms with E-state index in [-0.39, 0.29) is 4.88 Å². The number of methoxy groups -OCH3 is 1. The van der Waals surface area contributed by atoms with Gasteiger partial charge in [0.15, 0.2) is 0 Å². The quantitative estimate of drug-likeness (QED) is 0.684. The molecule has 0 bridgehead atoms. The third-order valence-electron chi connectivity index (χ3n) is 3.83. The number of aromatic carboxylic acids is 1. The van der Waals surface area contributed by atoms with Crippen LogP contribution in [0.4, 0.5) is 11.5 Å². The number of carboxylic acids is 1. The van der Waals surface area contributed by atoms with E-state index in [4.69, 9.17) is 16.3 Å². The number of nitrogens with zero attached hydrogens (tertiary/aromatic N) is 2. The molecular formula is C17H16ClN3O3S. The number of halogens is 1. The van der Waals surface area contributed by atoms with Crippen molar-refractivity contribution < 1.29 is 14.6 Å². The average Bonchev–Trinajstić information content (AvgIpc) is 2.87. The first kappa shape index (κ1) is 17.4. The molecule has 0 aliphatic heterocycles. The van der Waals surface area contributed by atoms with Crippen LogP contribution in [0.2, 0.25) is 5.02 Å². The van der Waals surface area contributed by atoms with E-state index in [1.807, 2.05) is 13.0 Å². The lowest BCUT2D eigenvalue weighted by Crippen LogP contribution is -2.01. The van der Waals surface area contributed by atoms with Crippen LogP contribution < -0.4 is 10.1 Å². The van der Waals surface area contributed by atoms with E-state index in [1.165, 1.54) is 0 Å². The molecule has 3 rings (SSSR count). The van der Waals surface area contributed by atoms with Crippen LogP contribution in [-0.2, 0) is 0 Å². The number of thiophene rings is 1. The first-order chi connectivity index (χ1) is 11.8. The highest BCUT2D eigenvalue weighted by Gasteiger charge is 2.20. The van der Waals surface area contributed by atoms with Gasteiger partial charge in [-0.1, -0.05) is 11.6 Å². The van der Waals surface area contributed by atoms with E-state index < -0.39 is 5.97 Å². The van der Waals surface area contributed by atoms with E-state index in [1.54, 1.807) is 27.0 Å². The van der Waals surface area contributed by atoms with Crippen LogP contribution in [0.1, 0.15) is 26.6 Å². The molecule has 6 nitrogen and oxygen atoms in total. The Morgan fingerprint density at radius 3 is 2.64 bits per heavy atom. The molecule has 0 saturated carbocycles. The fraction of sp³-hybridized carbons (Fsp3) is 0.235. The first-order valence-corrected chi connectivity index (χ1v) is 8.63. The van der Waals surface area contributed by atoms with Gasteiger partial charge in [-0.2, -0.15) is 0 Å². The monoisotopic (exact) mass is 377 g/mol. The number of benzene rings is 1. The molecule has 1 aromatic carbocycles. The lowest BCUT2D eigenvalue weighted by molar-refractivity contribution is 0.0701. The first-order valence-electron chi connectivity index (χ1n) is 7.44. The van der Waals surface area contributed by atoms with Crippen LogP contribution in [0.15, 0.2) is 12.1 Å². The second kappa shape index (κ2) is 6.50. The van der Waals surface area contributed by atoms with Crippen LogP contribution in [0, 0.1) is 20.8 Å². The fourth-order valence-corrected chi connectivity index (χ4v) is 3.82. The third kappa shape index (κ3) is 3.12. The molecule has 3 aromatic rings. The molecule has 25 heavy (non-hydrogen) atoms. The number of aromatic nitrogens is 2. The lowest BCUT2D eigenvalue weighted by atomic mass is 10.1. The highest BCUT2D eigenvalue weighted by molar-refractivity contribution is 7.20. The molecule has 0 atom stereocenters. The predicted octanol–water partition coefficient (Wildman–Crippen LogP) is 4.72.